The smallest absolute Gasteiger partial charge is 0.240 e. The predicted octanol–water partition coefficient (Wildman–Crippen LogP) is 3.61. The zero-order valence-electron chi connectivity index (χ0n) is 15.8. The summed E-state index contributed by atoms with van der Waals surface area (Å²) in [6.07, 6.45) is 2.73. The van der Waals surface area contributed by atoms with Crippen molar-refractivity contribution in [3.63, 3.8) is 0 Å². The van der Waals surface area contributed by atoms with E-state index in [-0.39, 0.29) is 23.0 Å². The molecule has 1 aliphatic rings. The van der Waals surface area contributed by atoms with E-state index in [2.05, 4.69) is 44.7 Å². The molecule has 136 valence electrons. The molecule has 2 N–H and O–H groups in total. The van der Waals surface area contributed by atoms with Crippen LogP contribution in [0.4, 0.5) is 0 Å². The Morgan fingerprint density at radius 2 is 1.75 bits per heavy atom. The van der Waals surface area contributed by atoms with Crippen LogP contribution >= 0.6 is 0 Å². The highest BCUT2D eigenvalue weighted by Crippen LogP contribution is 2.37. The Bertz CT molecular complexity index is 671. The van der Waals surface area contributed by atoms with Gasteiger partial charge in [-0.15, -0.1) is 0 Å². The molecule has 4 unspecified atom stereocenters. The summed E-state index contributed by atoms with van der Waals surface area (Å²) in [7, 11) is -3.50. The van der Waals surface area contributed by atoms with Crippen molar-refractivity contribution in [1.82, 2.24) is 10.0 Å². The van der Waals surface area contributed by atoms with E-state index in [1.54, 1.807) is 12.1 Å². The van der Waals surface area contributed by atoms with E-state index < -0.39 is 10.0 Å². The fourth-order valence-electron chi connectivity index (χ4n) is 3.73. The molecule has 0 radical (unpaired) electrons. The number of hydrogen-bond acceptors (Lipinski definition) is 3. The van der Waals surface area contributed by atoms with Gasteiger partial charge < -0.3 is 5.32 Å². The first-order chi connectivity index (χ1) is 11.1. The molecule has 2 rings (SSSR count). The zero-order chi connectivity index (χ0) is 18.2. The van der Waals surface area contributed by atoms with Gasteiger partial charge in [-0.25, -0.2) is 13.1 Å². The predicted molar refractivity (Wildman–Crippen MR) is 99.6 cm³/mol. The molecule has 0 spiro atoms. The number of sulfonamides is 1. The van der Waals surface area contributed by atoms with Gasteiger partial charge in [0, 0.05) is 17.1 Å². The van der Waals surface area contributed by atoms with E-state index in [1.807, 2.05) is 19.1 Å². The Balaban J connectivity index is 2.30. The SMILES string of the molecule is CCC1(C)CC(NS(=O)(=O)c2ccc(C)cc2)C(C)C(C)(CC)N1. The Morgan fingerprint density at radius 3 is 2.25 bits per heavy atom. The third-order valence-corrected chi connectivity index (χ3v) is 7.52. The molecule has 0 bridgehead atoms. The summed E-state index contributed by atoms with van der Waals surface area (Å²) in [6.45, 7) is 12.8. The Labute approximate surface area is 147 Å². The molecule has 0 saturated carbocycles. The van der Waals surface area contributed by atoms with E-state index in [9.17, 15) is 8.42 Å². The van der Waals surface area contributed by atoms with E-state index in [1.165, 1.54) is 0 Å². The van der Waals surface area contributed by atoms with Crippen LogP contribution in [-0.4, -0.2) is 25.5 Å². The lowest BCUT2D eigenvalue weighted by Crippen LogP contribution is -2.68. The second-order valence-electron chi connectivity index (χ2n) is 7.84. The highest BCUT2D eigenvalue weighted by Gasteiger charge is 2.47. The first-order valence-corrected chi connectivity index (χ1v) is 10.4. The molecule has 4 atom stereocenters. The van der Waals surface area contributed by atoms with E-state index in [0.717, 1.165) is 24.8 Å². The first-order valence-electron chi connectivity index (χ1n) is 8.93. The van der Waals surface area contributed by atoms with Gasteiger partial charge in [0.2, 0.25) is 10.0 Å². The quantitative estimate of drug-likeness (QED) is 0.851. The van der Waals surface area contributed by atoms with Gasteiger partial charge >= 0.3 is 0 Å². The summed E-state index contributed by atoms with van der Waals surface area (Å²) in [4.78, 5) is 0.343. The van der Waals surface area contributed by atoms with E-state index in [0.29, 0.717) is 4.90 Å². The molecule has 5 heteroatoms. The molecular weight excluding hydrogens is 320 g/mol. The largest absolute Gasteiger partial charge is 0.306 e. The number of hydrogen-bond donors (Lipinski definition) is 2. The second kappa shape index (κ2) is 6.77. The lowest BCUT2D eigenvalue weighted by atomic mass is 9.69. The van der Waals surface area contributed by atoms with Crippen LogP contribution in [0.1, 0.15) is 59.4 Å². The van der Waals surface area contributed by atoms with Gasteiger partial charge in [-0.1, -0.05) is 38.5 Å². The minimum Gasteiger partial charge on any atom is -0.306 e. The number of benzene rings is 1. The molecule has 1 aromatic rings. The summed E-state index contributed by atoms with van der Waals surface area (Å²) in [5.41, 5.74) is 0.919. The van der Waals surface area contributed by atoms with Crippen LogP contribution in [0.25, 0.3) is 0 Å². The van der Waals surface area contributed by atoms with Gasteiger partial charge in [-0.2, -0.15) is 0 Å². The van der Waals surface area contributed by atoms with Gasteiger partial charge in [-0.3, -0.25) is 0 Å². The van der Waals surface area contributed by atoms with E-state index in [4.69, 9.17) is 0 Å². The van der Waals surface area contributed by atoms with Gasteiger partial charge in [0.25, 0.3) is 0 Å². The number of rotatable bonds is 5. The molecule has 1 aliphatic heterocycles. The normalized spacial score (nSPS) is 34.2. The maximum Gasteiger partial charge on any atom is 0.240 e. The summed E-state index contributed by atoms with van der Waals surface area (Å²) in [5.74, 6) is 0.211. The molecule has 1 saturated heterocycles. The van der Waals surface area contributed by atoms with Crippen LogP contribution in [-0.2, 0) is 10.0 Å². The van der Waals surface area contributed by atoms with Crippen LogP contribution < -0.4 is 10.0 Å². The number of piperidine rings is 1. The summed E-state index contributed by atoms with van der Waals surface area (Å²) in [5, 5.41) is 3.78. The van der Waals surface area contributed by atoms with Crippen molar-refractivity contribution in [3.05, 3.63) is 29.8 Å². The van der Waals surface area contributed by atoms with E-state index >= 15 is 0 Å². The van der Waals surface area contributed by atoms with Crippen LogP contribution in [0.3, 0.4) is 0 Å². The molecule has 24 heavy (non-hydrogen) atoms. The van der Waals surface area contributed by atoms with Crippen molar-refractivity contribution in [3.8, 4) is 0 Å². The Hall–Kier alpha value is -0.910. The third kappa shape index (κ3) is 3.84. The highest BCUT2D eigenvalue weighted by molar-refractivity contribution is 7.89. The first kappa shape index (κ1) is 19.4. The summed E-state index contributed by atoms with van der Waals surface area (Å²) < 4.78 is 28.6. The standard InChI is InChI=1S/C19H32N2O2S/c1-7-18(5)13-17(15(4)19(6,8-2)21-18)20-24(22,23)16-11-9-14(3)10-12-16/h9-12,15,17,20-21H,7-8,13H2,1-6H3. The van der Waals surface area contributed by atoms with Crippen molar-refractivity contribution in [1.29, 1.82) is 0 Å². The maximum atomic E-state index is 12.8. The van der Waals surface area contributed by atoms with Crippen molar-refractivity contribution in [2.24, 2.45) is 5.92 Å². The van der Waals surface area contributed by atoms with Crippen LogP contribution in [0.2, 0.25) is 0 Å². The van der Waals surface area contributed by atoms with Gasteiger partial charge in [0.05, 0.1) is 4.90 Å². The molecule has 1 fully saturated rings. The number of aryl methyl sites for hydroxylation is 1. The van der Waals surface area contributed by atoms with Crippen molar-refractivity contribution in [2.45, 2.75) is 82.8 Å². The van der Waals surface area contributed by atoms with Crippen LogP contribution in [0.5, 0.6) is 0 Å². The summed E-state index contributed by atoms with van der Waals surface area (Å²) in [6, 6.07) is 6.97. The fraction of sp³-hybridized carbons (Fsp3) is 0.684. The average molecular weight is 353 g/mol. The molecule has 0 aliphatic carbocycles. The van der Waals surface area contributed by atoms with Crippen molar-refractivity contribution in [2.75, 3.05) is 0 Å². The Kier molecular flexibility index (Phi) is 5.48. The van der Waals surface area contributed by atoms with Gasteiger partial charge in [0.15, 0.2) is 0 Å². The molecular formula is C19H32N2O2S. The van der Waals surface area contributed by atoms with Gasteiger partial charge in [0.1, 0.15) is 0 Å². The molecule has 0 aromatic heterocycles. The molecule has 4 nitrogen and oxygen atoms in total. The third-order valence-electron chi connectivity index (χ3n) is 6.02. The lowest BCUT2D eigenvalue weighted by molar-refractivity contribution is 0.0672. The topological polar surface area (TPSA) is 58.2 Å². The second-order valence-corrected chi connectivity index (χ2v) is 9.56. The summed E-state index contributed by atoms with van der Waals surface area (Å²) >= 11 is 0. The fourth-order valence-corrected chi connectivity index (χ4v) is 5.05. The Morgan fingerprint density at radius 1 is 1.17 bits per heavy atom. The van der Waals surface area contributed by atoms with Crippen LogP contribution in [0, 0.1) is 12.8 Å². The maximum absolute atomic E-state index is 12.8. The highest BCUT2D eigenvalue weighted by atomic mass is 32.2. The zero-order valence-corrected chi connectivity index (χ0v) is 16.6. The minimum absolute atomic E-state index is 0.0578. The molecule has 0 amide bonds. The molecule has 1 heterocycles. The average Bonchev–Trinajstić information content (AvgIpc) is 2.52. The van der Waals surface area contributed by atoms with Gasteiger partial charge in [-0.05, 0) is 58.1 Å². The molecule has 1 aromatic carbocycles. The van der Waals surface area contributed by atoms with Crippen LogP contribution in [0.15, 0.2) is 29.2 Å². The lowest BCUT2D eigenvalue weighted by Gasteiger charge is -2.53. The van der Waals surface area contributed by atoms with Crippen molar-refractivity contribution >= 4 is 10.0 Å². The monoisotopic (exact) mass is 352 g/mol. The van der Waals surface area contributed by atoms with Crippen molar-refractivity contribution < 1.29 is 8.42 Å². The minimum atomic E-state index is -3.50. The number of nitrogens with one attached hydrogen (secondary N) is 2.